The van der Waals surface area contributed by atoms with Crippen LogP contribution in [0.15, 0.2) is 44.3 Å². The monoisotopic (exact) mass is 577 g/mol. The lowest BCUT2D eigenvalue weighted by atomic mass is 10.1. The molecule has 4 aromatic heterocycles. The molecule has 0 saturated carbocycles. The summed E-state index contributed by atoms with van der Waals surface area (Å²) in [7, 11) is 0. The molecule has 0 aliphatic carbocycles. The van der Waals surface area contributed by atoms with Crippen LogP contribution < -0.4 is 5.56 Å². The molecule has 9 nitrogen and oxygen atoms in total. The van der Waals surface area contributed by atoms with Crippen molar-refractivity contribution in [1.29, 1.82) is 0 Å². The van der Waals surface area contributed by atoms with Crippen LogP contribution in [0.5, 0.6) is 0 Å². The third-order valence-electron chi connectivity index (χ3n) is 6.13. The first-order chi connectivity index (χ1) is 17.7. The van der Waals surface area contributed by atoms with Gasteiger partial charge in [0, 0.05) is 25.8 Å². The highest BCUT2D eigenvalue weighted by molar-refractivity contribution is 9.10. The lowest BCUT2D eigenvalue weighted by molar-refractivity contribution is -0.137. The molecule has 0 bridgehead atoms. The maximum atomic E-state index is 13.3. The maximum absolute atomic E-state index is 13.3. The first kappa shape index (κ1) is 25.2. The van der Waals surface area contributed by atoms with Crippen molar-refractivity contribution in [2.75, 3.05) is 0 Å². The van der Waals surface area contributed by atoms with Crippen molar-refractivity contribution in [3.05, 3.63) is 74.0 Å². The molecule has 0 aliphatic rings. The van der Waals surface area contributed by atoms with E-state index in [0.29, 0.717) is 58.4 Å². The number of rotatable bonds is 9. The number of fused-ring (bicyclic) bond motifs is 2. The molecule has 5 aromatic rings. The van der Waals surface area contributed by atoms with E-state index in [2.05, 4.69) is 48.2 Å². The fourth-order valence-corrected chi connectivity index (χ4v) is 4.69. The summed E-state index contributed by atoms with van der Waals surface area (Å²) in [6, 6.07) is 6.72. The summed E-state index contributed by atoms with van der Waals surface area (Å²) in [6.45, 7) is 2.83. The number of halogens is 4. The highest BCUT2D eigenvalue weighted by Crippen LogP contribution is 2.29. The third-order valence-corrected chi connectivity index (χ3v) is 6.55. The van der Waals surface area contributed by atoms with Crippen molar-refractivity contribution >= 4 is 32.7 Å². The summed E-state index contributed by atoms with van der Waals surface area (Å²) in [4.78, 5) is 20.7. The first-order valence-electron chi connectivity index (χ1n) is 11.9. The molecule has 1 aromatic carbocycles. The molecule has 1 N–H and O–H groups in total. The van der Waals surface area contributed by atoms with E-state index >= 15 is 0 Å². The van der Waals surface area contributed by atoms with E-state index in [4.69, 9.17) is 4.52 Å². The van der Waals surface area contributed by atoms with E-state index in [1.165, 1.54) is 16.5 Å². The molecule has 0 unspecified atom stereocenters. The standard InChI is InChI=1S/C24H23BrF3N7O2/c1-2-3-4-11-34-16-13-17(25)29-21(16)22(36)35-19(31-32-23(34)35)9-10-20-30-18(33-37-20)12-14-5-7-15(8-6-14)24(26,27)28/h5-8,13,29H,2-4,9-12H2,1H3. The molecule has 4 heterocycles. The predicted molar refractivity (Wildman–Crippen MR) is 132 cm³/mol. The summed E-state index contributed by atoms with van der Waals surface area (Å²) >= 11 is 3.42. The normalized spacial score (nSPS) is 12.2. The summed E-state index contributed by atoms with van der Waals surface area (Å²) in [5.41, 5.74) is 0.918. The van der Waals surface area contributed by atoms with Gasteiger partial charge in [0.1, 0.15) is 11.3 Å². The highest BCUT2D eigenvalue weighted by Gasteiger charge is 2.30. The molecule has 0 fully saturated rings. The van der Waals surface area contributed by atoms with Gasteiger partial charge in [-0.25, -0.2) is 4.40 Å². The van der Waals surface area contributed by atoms with Gasteiger partial charge in [0.05, 0.1) is 15.7 Å². The summed E-state index contributed by atoms with van der Waals surface area (Å²) in [6.07, 6.45) is -0.428. The van der Waals surface area contributed by atoms with E-state index in [1.807, 2.05) is 10.6 Å². The molecule has 0 saturated heterocycles. The Labute approximate surface area is 216 Å². The van der Waals surface area contributed by atoms with Gasteiger partial charge < -0.3 is 14.1 Å². The molecule has 13 heteroatoms. The minimum absolute atomic E-state index is 0.234. The van der Waals surface area contributed by atoms with Gasteiger partial charge in [0.25, 0.3) is 5.56 Å². The Kier molecular flexibility index (Phi) is 6.88. The van der Waals surface area contributed by atoms with Crippen LogP contribution in [-0.4, -0.2) is 34.3 Å². The smallest absolute Gasteiger partial charge is 0.343 e. The Morgan fingerprint density at radius 3 is 2.62 bits per heavy atom. The number of nitrogens with zero attached hydrogens (tertiary/aromatic N) is 6. The quantitative estimate of drug-likeness (QED) is 0.244. The summed E-state index contributed by atoms with van der Waals surface area (Å²) < 4.78 is 47.8. The van der Waals surface area contributed by atoms with E-state index in [0.717, 1.165) is 36.9 Å². The summed E-state index contributed by atoms with van der Waals surface area (Å²) in [5.74, 6) is 1.64. The van der Waals surface area contributed by atoms with E-state index in [9.17, 15) is 18.0 Å². The maximum Gasteiger partial charge on any atom is 0.416 e. The second kappa shape index (κ2) is 10.1. The van der Waals surface area contributed by atoms with Gasteiger partial charge in [0.2, 0.25) is 11.7 Å². The van der Waals surface area contributed by atoms with Crippen LogP contribution in [0.3, 0.4) is 0 Å². The number of aromatic nitrogens is 7. The van der Waals surface area contributed by atoms with Crippen LogP contribution >= 0.6 is 15.9 Å². The largest absolute Gasteiger partial charge is 0.416 e. The lowest BCUT2D eigenvalue weighted by Gasteiger charge is -2.10. The first-order valence-corrected chi connectivity index (χ1v) is 12.7. The minimum atomic E-state index is -4.38. The van der Waals surface area contributed by atoms with Crippen LogP contribution in [0.1, 0.15) is 54.9 Å². The van der Waals surface area contributed by atoms with Gasteiger partial charge in [-0.05, 0) is 46.1 Å². The zero-order chi connectivity index (χ0) is 26.2. The van der Waals surface area contributed by atoms with Crippen molar-refractivity contribution in [3.63, 3.8) is 0 Å². The lowest BCUT2D eigenvalue weighted by Crippen LogP contribution is -2.21. The topological polar surface area (TPSA) is 107 Å². The van der Waals surface area contributed by atoms with Crippen LogP contribution in [-0.2, 0) is 32.0 Å². The number of nitrogens with one attached hydrogen (secondary N) is 1. The highest BCUT2D eigenvalue weighted by atomic mass is 79.9. The molecule has 0 amide bonds. The number of alkyl halides is 3. The molecule has 5 rings (SSSR count). The SMILES string of the molecule is CCCCCn1c2cc(Br)[nH]c2c(=O)n2c(CCc3nc(Cc4ccc(C(F)(F)F)cc4)no3)nnc12. The van der Waals surface area contributed by atoms with Gasteiger partial charge in [-0.15, -0.1) is 10.2 Å². The summed E-state index contributed by atoms with van der Waals surface area (Å²) in [5, 5.41) is 12.5. The number of benzene rings is 1. The Morgan fingerprint density at radius 1 is 1.11 bits per heavy atom. The molecule has 37 heavy (non-hydrogen) atoms. The zero-order valence-corrected chi connectivity index (χ0v) is 21.4. The Morgan fingerprint density at radius 2 is 1.89 bits per heavy atom. The average Bonchev–Trinajstić information content (AvgIpc) is 3.58. The Balaban J connectivity index is 1.35. The van der Waals surface area contributed by atoms with Gasteiger partial charge in [-0.1, -0.05) is 37.1 Å². The predicted octanol–water partition coefficient (Wildman–Crippen LogP) is 5.10. The minimum Gasteiger partial charge on any atom is -0.343 e. The fourth-order valence-electron chi connectivity index (χ4n) is 4.28. The van der Waals surface area contributed by atoms with Crippen LogP contribution in [0.25, 0.3) is 16.8 Å². The van der Waals surface area contributed by atoms with Crippen molar-refractivity contribution in [1.82, 2.24) is 34.3 Å². The van der Waals surface area contributed by atoms with Crippen molar-refractivity contribution in [2.24, 2.45) is 0 Å². The number of aryl methyl sites for hydroxylation is 3. The zero-order valence-electron chi connectivity index (χ0n) is 19.8. The Hall–Kier alpha value is -3.48. The van der Waals surface area contributed by atoms with E-state index in [1.54, 1.807) is 0 Å². The van der Waals surface area contributed by atoms with Crippen molar-refractivity contribution in [2.45, 2.75) is 58.2 Å². The number of aromatic amines is 1. The number of hydrogen-bond donors (Lipinski definition) is 1. The van der Waals surface area contributed by atoms with Crippen LogP contribution in [0.4, 0.5) is 13.2 Å². The second-order valence-corrected chi connectivity index (χ2v) is 9.62. The van der Waals surface area contributed by atoms with Gasteiger partial charge >= 0.3 is 6.18 Å². The van der Waals surface area contributed by atoms with Crippen molar-refractivity contribution < 1.29 is 17.7 Å². The molecule has 0 spiro atoms. The average molecular weight is 578 g/mol. The fraction of sp³-hybridized carbons (Fsp3) is 0.375. The molecular formula is C24H23BrF3N7O2. The van der Waals surface area contributed by atoms with Crippen LogP contribution in [0, 0.1) is 0 Å². The van der Waals surface area contributed by atoms with Crippen LogP contribution in [0.2, 0.25) is 0 Å². The van der Waals surface area contributed by atoms with E-state index < -0.39 is 11.7 Å². The number of H-pyrrole nitrogens is 1. The molecule has 0 radical (unpaired) electrons. The number of unbranched alkanes of at least 4 members (excludes halogenated alkanes) is 2. The second-order valence-electron chi connectivity index (χ2n) is 8.77. The van der Waals surface area contributed by atoms with Gasteiger partial charge in [-0.3, -0.25) is 4.79 Å². The molecule has 0 aliphatic heterocycles. The van der Waals surface area contributed by atoms with Crippen molar-refractivity contribution in [3.8, 4) is 0 Å². The third kappa shape index (κ3) is 5.17. The Bertz CT molecular complexity index is 1600. The molecule has 194 valence electrons. The van der Waals surface area contributed by atoms with E-state index in [-0.39, 0.29) is 12.0 Å². The molecule has 0 atom stereocenters. The number of hydrogen-bond acceptors (Lipinski definition) is 6. The van der Waals surface area contributed by atoms with Gasteiger partial charge in [0.15, 0.2) is 5.82 Å². The van der Waals surface area contributed by atoms with Gasteiger partial charge in [-0.2, -0.15) is 18.2 Å². The molecular weight excluding hydrogens is 555 g/mol.